The Morgan fingerprint density at radius 2 is 2.05 bits per heavy atom. The average molecular weight is 300 g/mol. The predicted molar refractivity (Wildman–Crippen MR) is 91.0 cm³/mol. The maximum Gasteiger partial charge on any atom is 0.230 e. The number of benzene rings is 1. The molecule has 22 heavy (non-hydrogen) atoms. The van der Waals surface area contributed by atoms with Gasteiger partial charge in [-0.05, 0) is 56.7 Å². The summed E-state index contributed by atoms with van der Waals surface area (Å²) in [6.45, 7) is 4.21. The molecule has 2 N–H and O–H groups in total. The minimum Gasteiger partial charge on any atom is -0.328 e. The van der Waals surface area contributed by atoms with Gasteiger partial charge in [0, 0.05) is 23.7 Å². The minimum atomic E-state index is 0.178. The van der Waals surface area contributed by atoms with Crippen LogP contribution >= 0.6 is 0 Å². The highest BCUT2D eigenvalue weighted by atomic mass is 16.2. The van der Waals surface area contributed by atoms with E-state index in [0.717, 1.165) is 31.4 Å². The molecule has 2 aliphatic rings. The SMILES string of the molecule is CC(N)Cc1ccc2c(c1)CC(C)N2C(=O)C1CCCCC1. The zero-order valence-corrected chi connectivity index (χ0v) is 13.8. The topological polar surface area (TPSA) is 46.3 Å². The van der Waals surface area contributed by atoms with Gasteiger partial charge in [0.1, 0.15) is 0 Å². The number of nitrogens with zero attached hydrogens (tertiary/aromatic N) is 1. The molecule has 0 spiro atoms. The monoisotopic (exact) mass is 300 g/mol. The molecule has 3 rings (SSSR count). The first kappa shape index (κ1) is 15.5. The Bertz CT molecular complexity index is 546. The molecule has 1 saturated carbocycles. The second kappa shape index (κ2) is 6.41. The highest BCUT2D eigenvalue weighted by Crippen LogP contribution is 2.36. The fourth-order valence-electron chi connectivity index (χ4n) is 4.07. The van der Waals surface area contributed by atoms with Crippen LogP contribution in [0.1, 0.15) is 57.1 Å². The van der Waals surface area contributed by atoms with Crippen LogP contribution in [0.4, 0.5) is 5.69 Å². The predicted octanol–water partition coefficient (Wildman–Crippen LogP) is 3.43. The number of anilines is 1. The van der Waals surface area contributed by atoms with E-state index in [-0.39, 0.29) is 18.0 Å². The second-order valence-electron chi connectivity index (χ2n) is 7.24. The molecule has 0 bridgehead atoms. The molecule has 1 aromatic rings. The first-order valence-electron chi connectivity index (χ1n) is 8.76. The standard InChI is InChI=1S/C19H28N2O/c1-13(20)10-15-8-9-18-17(12-15)11-14(2)21(18)19(22)16-6-4-3-5-7-16/h8-9,12-14,16H,3-7,10-11,20H2,1-2H3. The second-order valence-corrected chi connectivity index (χ2v) is 7.24. The summed E-state index contributed by atoms with van der Waals surface area (Å²) in [6.07, 6.45) is 7.72. The van der Waals surface area contributed by atoms with Crippen LogP contribution < -0.4 is 10.6 Å². The van der Waals surface area contributed by atoms with Crippen LogP contribution in [0.5, 0.6) is 0 Å². The molecule has 1 fully saturated rings. The lowest BCUT2D eigenvalue weighted by Crippen LogP contribution is -2.40. The number of rotatable bonds is 3. The van der Waals surface area contributed by atoms with E-state index in [1.165, 1.54) is 30.4 Å². The van der Waals surface area contributed by atoms with Gasteiger partial charge in [-0.15, -0.1) is 0 Å². The third-order valence-electron chi connectivity index (χ3n) is 5.11. The van der Waals surface area contributed by atoms with Crippen molar-refractivity contribution in [3.05, 3.63) is 29.3 Å². The normalized spacial score (nSPS) is 23.4. The van der Waals surface area contributed by atoms with E-state index >= 15 is 0 Å². The quantitative estimate of drug-likeness (QED) is 0.929. The number of amides is 1. The third-order valence-corrected chi connectivity index (χ3v) is 5.11. The molecule has 3 heteroatoms. The van der Waals surface area contributed by atoms with Crippen LogP contribution in [0.3, 0.4) is 0 Å². The zero-order chi connectivity index (χ0) is 15.7. The van der Waals surface area contributed by atoms with Crippen molar-refractivity contribution in [1.82, 2.24) is 0 Å². The molecule has 2 atom stereocenters. The summed E-state index contributed by atoms with van der Waals surface area (Å²) >= 11 is 0. The number of nitrogens with two attached hydrogens (primary N) is 1. The molecule has 1 aromatic carbocycles. The van der Waals surface area contributed by atoms with Gasteiger partial charge in [0.2, 0.25) is 5.91 Å². The lowest BCUT2D eigenvalue weighted by atomic mass is 9.88. The molecule has 2 unspecified atom stereocenters. The Hall–Kier alpha value is -1.35. The number of hydrogen-bond acceptors (Lipinski definition) is 2. The molecule has 120 valence electrons. The number of carbonyl (C=O) groups excluding carboxylic acids is 1. The van der Waals surface area contributed by atoms with Crippen LogP contribution in [0.25, 0.3) is 0 Å². The molecule has 1 aliphatic heterocycles. The number of carbonyl (C=O) groups is 1. The fourth-order valence-corrected chi connectivity index (χ4v) is 4.07. The van der Waals surface area contributed by atoms with Crippen molar-refractivity contribution in [2.24, 2.45) is 11.7 Å². The van der Waals surface area contributed by atoms with Gasteiger partial charge in [0.15, 0.2) is 0 Å². The average Bonchev–Trinajstić information content (AvgIpc) is 2.82. The smallest absolute Gasteiger partial charge is 0.230 e. The van der Waals surface area contributed by atoms with Crippen molar-refractivity contribution in [2.45, 2.75) is 70.9 Å². The molecule has 0 radical (unpaired) electrons. The Kier molecular flexibility index (Phi) is 4.53. The Morgan fingerprint density at radius 1 is 1.32 bits per heavy atom. The third kappa shape index (κ3) is 3.05. The van der Waals surface area contributed by atoms with Crippen LogP contribution in [0, 0.1) is 5.92 Å². The van der Waals surface area contributed by atoms with Gasteiger partial charge in [-0.2, -0.15) is 0 Å². The lowest BCUT2D eigenvalue weighted by Gasteiger charge is -2.29. The van der Waals surface area contributed by atoms with Gasteiger partial charge in [-0.25, -0.2) is 0 Å². The van der Waals surface area contributed by atoms with Crippen molar-refractivity contribution in [3.8, 4) is 0 Å². The van der Waals surface area contributed by atoms with Crippen LogP contribution in [-0.4, -0.2) is 18.0 Å². The molecule has 0 saturated heterocycles. The van der Waals surface area contributed by atoms with Crippen molar-refractivity contribution >= 4 is 11.6 Å². The summed E-state index contributed by atoms with van der Waals surface area (Å²) in [7, 11) is 0. The fraction of sp³-hybridized carbons (Fsp3) is 0.632. The van der Waals surface area contributed by atoms with Crippen molar-refractivity contribution < 1.29 is 4.79 Å². The van der Waals surface area contributed by atoms with Crippen LogP contribution in [0.15, 0.2) is 18.2 Å². The van der Waals surface area contributed by atoms with Gasteiger partial charge >= 0.3 is 0 Å². The molecular formula is C19H28N2O. The summed E-state index contributed by atoms with van der Waals surface area (Å²) in [5.41, 5.74) is 9.64. The van der Waals surface area contributed by atoms with E-state index in [2.05, 4.69) is 30.0 Å². The first-order valence-corrected chi connectivity index (χ1v) is 8.76. The maximum atomic E-state index is 12.9. The molecule has 1 amide bonds. The summed E-state index contributed by atoms with van der Waals surface area (Å²) in [5, 5.41) is 0. The Labute approximate surface area is 133 Å². The molecule has 1 heterocycles. The van der Waals surface area contributed by atoms with E-state index in [1.54, 1.807) is 0 Å². The van der Waals surface area contributed by atoms with E-state index in [1.807, 2.05) is 6.92 Å². The largest absolute Gasteiger partial charge is 0.328 e. The molecule has 3 nitrogen and oxygen atoms in total. The molecule has 0 aromatic heterocycles. The number of fused-ring (bicyclic) bond motifs is 1. The van der Waals surface area contributed by atoms with Crippen LogP contribution in [0.2, 0.25) is 0 Å². The Balaban J connectivity index is 1.81. The van der Waals surface area contributed by atoms with Crippen LogP contribution in [-0.2, 0) is 17.6 Å². The molecular weight excluding hydrogens is 272 g/mol. The summed E-state index contributed by atoms with van der Waals surface area (Å²) in [4.78, 5) is 15.0. The Morgan fingerprint density at radius 3 is 2.73 bits per heavy atom. The lowest BCUT2D eigenvalue weighted by molar-refractivity contribution is -0.123. The van der Waals surface area contributed by atoms with Gasteiger partial charge in [-0.1, -0.05) is 31.4 Å². The van der Waals surface area contributed by atoms with Crippen molar-refractivity contribution in [1.29, 1.82) is 0 Å². The summed E-state index contributed by atoms with van der Waals surface area (Å²) in [5.74, 6) is 0.594. The van der Waals surface area contributed by atoms with Crippen molar-refractivity contribution in [2.75, 3.05) is 4.90 Å². The van der Waals surface area contributed by atoms with Crippen molar-refractivity contribution in [3.63, 3.8) is 0 Å². The highest BCUT2D eigenvalue weighted by molar-refractivity contribution is 5.97. The van der Waals surface area contributed by atoms with E-state index in [9.17, 15) is 4.79 Å². The number of hydrogen-bond donors (Lipinski definition) is 1. The minimum absolute atomic E-state index is 0.178. The van der Waals surface area contributed by atoms with Gasteiger partial charge in [0.05, 0.1) is 0 Å². The molecule has 1 aliphatic carbocycles. The van der Waals surface area contributed by atoms with Gasteiger partial charge in [-0.3, -0.25) is 4.79 Å². The maximum absolute atomic E-state index is 12.9. The van der Waals surface area contributed by atoms with Gasteiger partial charge < -0.3 is 10.6 Å². The zero-order valence-electron chi connectivity index (χ0n) is 13.8. The summed E-state index contributed by atoms with van der Waals surface area (Å²) < 4.78 is 0. The summed E-state index contributed by atoms with van der Waals surface area (Å²) in [6, 6.07) is 6.99. The van der Waals surface area contributed by atoms with E-state index < -0.39 is 0 Å². The van der Waals surface area contributed by atoms with E-state index in [4.69, 9.17) is 5.73 Å². The highest BCUT2D eigenvalue weighted by Gasteiger charge is 2.35. The van der Waals surface area contributed by atoms with Gasteiger partial charge in [0.25, 0.3) is 0 Å². The first-order chi connectivity index (χ1) is 10.6. The van der Waals surface area contributed by atoms with E-state index in [0.29, 0.717) is 5.91 Å².